The highest BCUT2D eigenvalue weighted by Gasteiger charge is 2.11. The smallest absolute Gasteiger partial charge is 0.272 e. The van der Waals surface area contributed by atoms with E-state index in [2.05, 4.69) is 29.1 Å². The van der Waals surface area contributed by atoms with Crippen LogP contribution in [0.1, 0.15) is 35.9 Å². The number of para-hydroxylation sites is 1. The molecule has 5 heteroatoms. The number of amides is 1. The van der Waals surface area contributed by atoms with E-state index in [-0.39, 0.29) is 5.91 Å². The van der Waals surface area contributed by atoms with Crippen molar-refractivity contribution in [2.45, 2.75) is 19.8 Å². The monoisotopic (exact) mass is 318 g/mol. The van der Waals surface area contributed by atoms with Gasteiger partial charge in [0.15, 0.2) is 0 Å². The molecule has 0 spiro atoms. The van der Waals surface area contributed by atoms with Crippen LogP contribution >= 0.6 is 0 Å². The quantitative estimate of drug-likeness (QED) is 0.595. The minimum atomic E-state index is -0.158. The number of anilines is 1. The standard InChI is InChI=1S/C19H18N4O/c1-12(2)17-11-23-10-14(7-8-18(23)22-17)20-19(24)16-9-13-5-3-4-6-15(13)21-16/h3-12,21H,1-2H3,(H,20,24). The molecule has 0 saturated carbocycles. The molecule has 0 aliphatic rings. The zero-order chi connectivity index (χ0) is 16.7. The fourth-order valence-electron chi connectivity index (χ4n) is 2.76. The van der Waals surface area contributed by atoms with Crippen molar-refractivity contribution in [2.75, 3.05) is 5.32 Å². The van der Waals surface area contributed by atoms with Crippen molar-refractivity contribution in [1.82, 2.24) is 14.4 Å². The number of imidazole rings is 1. The second kappa shape index (κ2) is 5.53. The van der Waals surface area contributed by atoms with Crippen LogP contribution in [-0.4, -0.2) is 20.3 Å². The molecule has 0 saturated heterocycles. The zero-order valence-corrected chi connectivity index (χ0v) is 13.6. The van der Waals surface area contributed by atoms with Crippen LogP contribution in [0.25, 0.3) is 16.6 Å². The van der Waals surface area contributed by atoms with E-state index in [0.717, 1.165) is 27.9 Å². The Hall–Kier alpha value is -3.08. The number of rotatable bonds is 3. The van der Waals surface area contributed by atoms with Crippen LogP contribution in [0.5, 0.6) is 0 Å². The van der Waals surface area contributed by atoms with E-state index in [0.29, 0.717) is 11.6 Å². The molecule has 2 N–H and O–H groups in total. The average Bonchev–Trinajstić information content (AvgIpc) is 3.18. The first kappa shape index (κ1) is 14.5. The number of carbonyl (C=O) groups is 1. The van der Waals surface area contributed by atoms with E-state index in [1.807, 2.05) is 59.3 Å². The number of H-pyrrole nitrogens is 1. The summed E-state index contributed by atoms with van der Waals surface area (Å²) in [5.41, 5.74) is 4.15. The molecule has 0 atom stereocenters. The van der Waals surface area contributed by atoms with Gasteiger partial charge in [-0.2, -0.15) is 0 Å². The number of carbonyl (C=O) groups excluding carboxylic acids is 1. The molecule has 0 aliphatic heterocycles. The SMILES string of the molecule is CC(C)c1cn2cc(NC(=O)c3cc4ccccc4[nH]3)ccc2n1. The first-order chi connectivity index (χ1) is 11.6. The minimum Gasteiger partial charge on any atom is -0.351 e. The molecule has 0 aliphatic carbocycles. The summed E-state index contributed by atoms with van der Waals surface area (Å²) in [5.74, 6) is 0.212. The number of hydrogen-bond acceptors (Lipinski definition) is 2. The summed E-state index contributed by atoms with van der Waals surface area (Å²) < 4.78 is 1.94. The lowest BCUT2D eigenvalue weighted by atomic mass is 10.2. The third kappa shape index (κ3) is 2.54. The number of nitrogens with one attached hydrogen (secondary N) is 2. The molecule has 0 fully saturated rings. The van der Waals surface area contributed by atoms with Crippen LogP contribution in [0.4, 0.5) is 5.69 Å². The Bertz CT molecular complexity index is 1010. The van der Waals surface area contributed by atoms with E-state index in [4.69, 9.17) is 0 Å². The van der Waals surface area contributed by atoms with Crippen molar-refractivity contribution < 1.29 is 4.79 Å². The molecule has 0 bridgehead atoms. The van der Waals surface area contributed by atoms with Crippen molar-refractivity contribution >= 4 is 28.1 Å². The second-order valence-electron chi connectivity index (χ2n) is 6.23. The van der Waals surface area contributed by atoms with E-state index >= 15 is 0 Å². The molecule has 0 unspecified atom stereocenters. The molecular formula is C19H18N4O. The Kier molecular flexibility index (Phi) is 3.34. The van der Waals surface area contributed by atoms with Crippen molar-refractivity contribution in [3.05, 3.63) is 66.2 Å². The topological polar surface area (TPSA) is 62.2 Å². The van der Waals surface area contributed by atoms with Gasteiger partial charge in [0.2, 0.25) is 0 Å². The summed E-state index contributed by atoms with van der Waals surface area (Å²) in [5, 5.41) is 3.95. The number of pyridine rings is 1. The number of fused-ring (bicyclic) bond motifs is 2. The molecule has 24 heavy (non-hydrogen) atoms. The van der Waals surface area contributed by atoms with Gasteiger partial charge in [-0.05, 0) is 30.2 Å². The zero-order valence-electron chi connectivity index (χ0n) is 13.6. The number of benzene rings is 1. The maximum Gasteiger partial charge on any atom is 0.272 e. The van der Waals surface area contributed by atoms with Crippen molar-refractivity contribution in [3.63, 3.8) is 0 Å². The Morgan fingerprint density at radius 2 is 2.00 bits per heavy atom. The van der Waals surface area contributed by atoms with Crippen LogP contribution < -0.4 is 5.32 Å². The maximum atomic E-state index is 12.5. The van der Waals surface area contributed by atoms with Gasteiger partial charge in [0.05, 0.1) is 11.4 Å². The molecular weight excluding hydrogens is 300 g/mol. The Balaban J connectivity index is 1.61. The van der Waals surface area contributed by atoms with Gasteiger partial charge in [-0.25, -0.2) is 4.98 Å². The summed E-state index contributed by atoms with van der Waals surface area (Å²) in [4.78, 5) is 20.2. The largest absolute Gasteiger partial charge is 0.351 e. The Morgan fingerprint density at radius 1 is 1.17 bits per heavy atom. The third-order valence-corrected chi connectivity index (χ3v) is 4.09. The lowest BCUT2D eigenvalue weighted by Crippen LogP contribution is -2.12. The highest BCUT2D eigenvalue weighted by molar-refractivity contribution is 6.05. The molecule has 1 aromatic carbocycles. The third-order valence-electron chi connectivity index (χ3n) is 4.09. The molecule has 3 heterocycles. The van der Waals surface area contributed by atoms with Gasteiger partial charge in [-0.15, -0.1) is 0 Å². The highest BCUT2D eigenvalue weighted by atomic mass is 16.1. The summed E-state index contributed by atoms with van der Waals surface area (Å²) in [6, 6.07) is 13.5. The number of nitrogens with zero attached hydrogens (tertiary/aromatic N) is 2. The Labute approximate surface area is 139 Å². The lowest BCUT2D eigenvalue weighted by Gasteiger charge is -2.04. The fourth-order valence-corrected chi connectivity index (χ4v) is 2.76. The molecule has 4 rings (SSSR count). The maximum absolute atomic E-state index is 12.5. The highest BCUT2D eigenvalue weighted by Crippen LogP contribution is 2.19. The van der Waals surface area contributed by atoms with E-state index < -0.39 is 0 Å². The molecule has 3 aromatic heterocycles. The van der Waals surface area contributed by atoms with Crippen molar-refractivity contribution in [1.29, 1.82) is 0 Å². The van der Waals surface area contributed by atoms with Crippen molar-refractivity contribution in [3.8, 4) is 0 Å². The summed E-state index contributed by atoms with van der Waals surface area (Å²) in [6.45, 7) is 4.22. The first-order valence-corrected chi connectivity index (χ1v) is 7.98. The molecule has 1 amide bonds. The summed E-state index contributed by atoms with van der Waals surface area (Å²) >= 11 is 0. The van der Waals surface area contributed by atoms with Crippen LogP contribution in [0.3, 0.4) is 0 Å². The van der Waals surface area contributed by atoms with Crippen molar-refractivity contribution in [2.24, 2.45) is 0 Å². The predicted octanol–water partition coefficient (Wildman–Crippen LogP) is 4.19. The van der Waals surface area contributed by atoms with Gasteiger partial charge >= 0.3 is 0 Å². The lowest BCUT2D eigenvalue weighted by molar-refractivity contribution is 0.102. The average molecular weight is 318 g/mol. The van der Waals surface area contributed by atoms with Gasteiger partial charge in [0.25, 0.3) is 5.91 Å². The summed E-state index contributed by atoms with van der Waals surface area (Å²) in [6.07, 6.45) is 3.88. The van der Waals surface area contributed by atoms with Gasteiger partial charge in [0.1, 0.15) is 11.3 Å². The van der Waals surface area contributed by atoms with Gasteiger partial charge in [-0.1, -0.05) is 32.0 Å². The fraction of sp³-hybridized carbons (Fsp3) is 0.158. The van der Waals surface area contributed by atoms with Gasteiger partial charge < -0.3 is 14.7 Å². The molecule has 0 radical (unpaired) electrons. The first-order valence-electron chi connectivity index (χ1n) is 7.98. The van der Waals surface area contributed by atoms with E-state index in [1.165, 1.54) is 0 Å². The van der Waals surface area contributed by atoms with Crippen LogP contribution in [0, 0.1) is 0 Å². The van der Waals surface area contributed by atoms with Gasteiger partial charge in [0, 0.05) is 23.3 Å². The van der Waals surface area contributed by atoms with Gasteiger partial charge in [-0.3, -0.25) is 4.79 Å². The second-order valence-corrected chi connectivity index (χ2v) is 6.23. The molecule has 120 valence electrons. The van der Waals surface area contributed by atoms with Crippen LogP contribution in [-0.2, 0) is 0 Å². The predicted molar refractivity (Wildman–Crippen MR) is 95.5 cm³/mol. The van der Waals surface area contributed by atoms with Crippen LogP contribution in [0.2, 0.25) is 0 Å². The Morgan fingerprint density at radius 3 is 2.79 bits per heavy atom. The normalized spacial score (nSPS) is 11.5. The molecule has 4 aromatic rings. The van der Waals surface area contributed by atoms with Crippen LogP contribution in [0.15, 0.2) is 54.9 Å². The van der Waals surface area contributed by atoms with E-state index in [1.54, 1.807) is 0 Å². The number of hydrogen-bond donors (Lipinski definition) is 2. The number of aromatic nitrogens is 3. The minimum absolute atomic E-state index is 0.158. The molecule has 5 nitrogen and oxygen atoms in total. The number of aromatic amines is 1. The summed E-state index contributed by atoms with van der Waals surface area (Å²) in [7, 11) is 0. The van der Waals surface area contributed by atoms with E-state index in [9.17, 15) is 4.79 Å².